The summed E-state index contributed by atoms with van der Waals surface area (Å²) in [6.45, 7) is 9.36. The van der Waals surface area contributed by atoms with E-state index in [1.165, 1.54) is 37.1 Å². The number of halogens is 5. The maximum absolute atomic E-state index is 13.3. The van der Waals surface area contributed by atoms with E-state index in [1.807, 2.05) is 27.7 Å². The first-order chi connectivity index (χ1) is 19.6. The molecule has 2 heterocycles. The molecule has 2 aromatic rings. The summed E-state index contributed by atoms with van der Waals surface area (Å²) in [6, 6.07) is 5.81. The van der Waals surface area contributed by atoms with Gasteiger partial charge in [-0.25, -0.2) is 8.78 Å². The molecular weight excluding hydrogens is 816 g/mol. The fraction of sp³-hybridized carbons (Fsp3) is 0.562. The number of amides is 2. The molecule has 2 atom stereocenters. The predicted molar refractivity (Wildman–Crippen MR) is 187 cm³/mol. The van der Waals surface area contributed by atoms with Crippen LogP contribution >= 0.6 is 45.6 Å². The van der Waals surface area contributed by atoms with Crippen molar-refractivity contribution in [1.82, 2.24) is 0 Å². The molecule has 0 spiro atoms. The zero-order chi connectivity index (χ0) is 31.8. The number of likely N-dealkylation sites (N-methyl/N-ethyl adjacent to an activating group) is 2. The van der Waals surface area contributed by atoms with Crippen LogP contribution in [0, 0.1) is 39.3 Å². The molecule has 2 aliphatic rings. The Morgan fingerprint density at radius 1 is 0.682 bits per heavy atom. The number of hydrogen-bond donors (Lipinski definition) is 2. The van der Waals surface area contributed by atoms with Crippen molar-refractivity contribution in [1.29, 1.82) is 0 Å². The Hall–Kier alpha value is -0.790. The maximum atomic E-state index is 13.3. The number of likely N-dealkylation sites (tertiary alicyclic amines) is 2. The number of nitrogens with zero attached hydrogens (tertiary/aromatic N) is 2. The summed E-state index contributed by atoms with van der Waals surface area (Å²) in [4.78, 5) is 25.1. The molecule has 4 rings (SSSR count). The van der Waals surface area contributed by atoms with E-state index in [1.54, 1.807) is 0 Å². The van der Waals surface area contributed by atoms with Crippen LogP contribution in [-0.2, 0) is 29.6 Å². The van der Waals surface area contributed by atoms with Gasteiger partial charge in [0.05, 0.1) is 41.3 Å². The van der Waals surface area contributed by atoms with Crippen LogP contribution < -0.4 is 10.6 Å². The predicted octanol–water partition coefficient (Wildman–Crippen LogP) is 7.75. The van der Waals surface area contributed by atoms with Gasteiger partial charge in [0, 0.05) is 24.2 Å². The van der Waals surface area contributed by atoms with Gasteiger partial charge in [0.25, 0.3) is 11.8 Å². The van der Waals surface area contributed by atoms with E-state index in [-0.39, 0.29) is 71.9 Å². The Kier molecular flexibility index (Phi) is 18.8. The Labute approximate surface area is 302 Å². The van der Waals surface area contributed by atoms with Gasteiger partial charge in [-0.15, -0.1) is 36.4 Å². The number of rotatable bonds is 4. The molecule has 2 aliphatic heterocycles. The van der Waals surface area contributed by atoms with Gasteiger partial charge in [-0.1, -0.05) is 0 Å². The molecule has 44 heavy (non-hydrogen) atoms. The van der Waals surface area contributed by atoms with Crippen molar-refractivity contribution in [3.8, 4) is 0 Å². The number of carbonyl (C=O) groups excluding carboxylic acids is 2. The second kappa shape index (κ2) is 19.1. The SMILES string of the molecule is Cc1cc(F)cc(C)c1NC(=O)C1CCCC[N+]1(C)C.Cc1cc(F)cc(C)c1NC(=O)C1CCCC[N+]1(C)C.Cl.I.[Cl][Ag]. The summed E-state index contributed by atoms with van der Waals surface area (Å²) in [6.07, 6.45) is 6.37. The van der Waals surface area contributed by atoms with Crippen molar-refractivity contribution < 1.29 is 47.3 Å². The number of piperidine rings is 2. The van der Waals surface area contributed by atoms with Crippen LogP contribution in [0.2, 0.25) is 0 Å². The third-order valence-corrected chi connectivity index (χ3v) is 8.71. The Morgan fingerprint density at radius 3 is 1.20 bits per heavy atom. The normalized spacial score (nSPS) is 19.8. The van der Waals surface area contributed by atoms with Crippen LogP contribution in [0.4, 0.5) is 20.2 Å². The Balaban J connectivity index is 0.000000763. The molecule has 12 heteroatoms. The monoisotopic (exact) mass is 864 g/mol. The van der Waals surface area contributed by atoms with Crippen LogP contribution in [0.15, 0.2) is 24.3 Å². The molecule has 0 aliphatic carbocycles. The molecule has 0 radical (unpaired) electrons. The van der Waals surface area contributed by atoms with E-state index in [4.69, 9.17) is 0 Å². The fourth-order valence-corrected chi connectivity index (χ4v) is 6.25. The molecule has 254 valence electrons. The van der Waals surface area contributed by atoms with E-state index in [9.17, 15) is 18.4 Å². The molecule has 2 N–H and O–H groups in total. The van der Waals surface area contributed by atoms with Crippen LogP contribution in [0.3, 0.4) is 0 Å². The topological polar surface area (TPSA) is 58.2 Å². The fourth-order valence-electron chi connectivity index (χ4n) is 6.25. The summed E-state index contributed by atoms with van der Waals surface area (Å²) < 4.78 is 28.1. The molecule has 2 aromatic carbocycles. The van der Waals surface area contributed by atoms with Crippen molar-refractivity contribution in [3.63, 3.8) is 0 Å². The number of carbonyl (C=O) groups is 2. The molecule has 0 aromatic heterocycles. The van der Waals surface area contributed by atoms with Gasteiger partial charge in [0.1, 0.15) is 11.6 Å². The quantitative estimate of drug-likeness (QED) is 0.188. The molecule has 0 bridgehead atoms. The van der Waals surface area contributed by atoms with Gasteiger partial charge in [-0.2, -0.15) is 0 Å². The van der Waals surface area contributed by atoms with Crippen LogP contribution in [0.1, 0.15) is 60.8 Å². The van der Waals surface area contributed by atoms with E-state index in [2.05, 4.69) is 68.0 Å². The number of anilines is 2. The van der Waals surface area contributed by atoms with Crippen molar-refractivity contribution in [2.45, 2.75) is 78.3 Å². The average molecular weight is 866 g/mol. The molecule has 6 nitrogen and oxygen atoms in total. The Bertz CT molecular complexity index is 1130. The molecule has 0 saturated carbocycles. The van der Waals surface area contributed by atoms with Gasteiger partial charge in [-0.05, 0) is 99.9 Å². The first kappa shape index (κ1) is 43.2. The van der Waals surface area contributed by atoms with E-state index < -0.39 is 0 Å². The van der Waals surface area contributed by atoms with Gasteiger partial charge in [0.15, 0.2) is 12.1 Å². The summed E-state index contributed by atoms with van der Waals surface area (Å²) >= 11 is 2.42. The summed E-state index contributed by atoms with van der Waals surface area (Å²) in [5.74, 6) is -0.418. The molecule has 2 fully saturated rings. The number of nitrogens with one attached hydrogen (secondary N) is 2. The average Bonchev–Trinajstić information content (AvgIpc) is 2.89. The van der Waals surface area contributed by atoms with E-state index in [0.29, 0.717) is 0 Å². The Morgan fingerprint density at radius 2 is 0.955 bits per heavy atom. The van der Waals surface area contributed by atoms with E-state index >= 15 is 0 Å². The number of quaternary nitrogens is 2. The molecule has 2 amide bonds. The standard InChI is InChI=1S/2C16H23FN2O.Ag.2ClH.HI/c2*1-11-9-13(17)10-12(2)15(11)18-16(20)14-7-5-6-8-19(14,3)4;;;;/h2*9-10,14H,5-8H2,1-4H3;;3*1H/q;;+1;;;/p+1. The minimum atomic E-state index is -0.258. The second-order valence-electron chi connectivity index (χ2n) is 12.8. The number of hydrogen-bond acceptors (Lipinski definition) is 2. The van der Waals surface area contributed by atoms with Crippen molar-refractivity contribution in [3.05, 3.63) is 58.2 Å². The molecule has 2 saturated heterocycles. The number of benzene rings is 2. The van der Waals surface area contributed by atoms with Crippen molar-refractivity contribution in [2.75, 3.05) is 51.9 Å². The molecular formula is C32H50AgCl2F2IN4O2+2. The van der Waals surface area contributed by atoms with E-state index in [0.717, 1.165) is 81.4 Å². The minimum absolute atomic E-state index is 0. The van der Waals surface area contributed by atoms with Crippen LogP contribution in [0.5, 0.6) is 0 Å². The van der Waals surface area contributed by atoms with Gasteiger partial charge >= 0.3 is 29.2 Å². The van der Waals surface area contributed by atoms with Crippen LogP contribution in [-0.4, -0.2) is 74.1 Å². The number of aryl methyl sites for hydroxylation is 4. The second-order valence-corrected chi connectivity index (χ2v) is 12.8. The van der Waals surface area contributed by atoms with Gasteiger partial charge in [0.2, 0.25) is 0 Å². The van der Waals surface area contributed by atoms with Crippen molar-refractivity contribution >= 4 is 68.8 Å². The summed E-state index contributed by atoms with van der Waals surface area (Å²) in [5, 5.41) is 6.02. The summed E-state index contributed by atoms with van der Waals surface area (Å²) in [5.41, 5.74) is 4.60. The summed E-state index contributed by atoms with van der Waals surface area (Å²) in [7, 11) is 12.9. The van der Waals surface area contributed by atoms with Crippen molar-refractivity contribution in [2.24, 2.45) is 0 Å². The molecule has 2 unspecified atom stereocenters. The zero-order valence-electron chi connectivity index (χ0n) is 27.1. The first-order valence-electron chi connectivity index (χ1n) is 14.5. The zero-order valence-corrected chi connectivity index (χ0v) is 32.5. The van der Waals surface area contributed by atoms with Gasteiger partial charge in [-0.3, -0.25) is 9.59 Å². The third kappa shape index (κ3) is 11.8. The van der Waals surface area contributed by atoms with Gasteiger partial charge < -0.3 is 19.6 Å². The first-order valence-corrected chi connectivity index (χ1v) is 16.4. The van der Waals surface area contributed by atoms with Crippen LogP contribution in [0.25, 0.3) is 0 Å². The third-order valence-electron chi connectivity index (χ3n) is 8.71.